The highest BCUT2D eigenvalue weighted by Gasteiger charge is 2.45. The molecular weight excluding hydrogens is 342 g/mol. The Hall–Kier alpha value is -2.44. The maximum absolute atomic E-state index is 13.4. The molecule has 5 rings (SSSR count). The topological polar surface area (TPSA) is 71.3 Å². The lowest BCUT2D eigenvalue weighted by atomic mass is 10.0. The normalized spacial score (nSPS) is 25.5. The van der Waals surface area contributed by atoms with E-state index >= 15 is 0 Å². The van der Waals surface area contributed by atoms with Gasteiger partial charge in [0.1, 0.15) is 5.52 Å². The average Bonchev–Trinajstić information content (AvgIpc) is 3.40. The van der Waals surface area contributed by atoms with Gasteiger partial charge in [-0.05, 0) is 37.8 Å². The van der Waals surface area contributed by atoms with Crippen molar-refractivity contribution in [3.63, 3.8) is 0 Å². The molecule has 2 bridgehead atoms. The SMILES string of the molecule is Cn1nnc2c(C(=O)N3[C@@H]4CC[C@H]3CN(C(=O)C3CCCC3)C4)cccc21. The number of benzene rings is 1. The van der Waals surface area contributed by atoms with Crippen molar-refractivity contribution in [2.75, 3.05) is 13.1 Å². The third-order valence-electron chi connectivity index (χ3n) is 6.61. The molecule has 27 heavy (non-hydrogen) atoms. The molecule has 2 atom stereocenters. The highest BCUT2D eigenvalue weighted by molar-refractivity contribution is 6.05. The molecule has 3 aliphatic rings. The van der Waals surface area contributed by atoms with E-state index in [-0.39, 0.29) is 23.9 Å². The molecule has 2 aliphatic heterocycles. The Bertz CT molecular complexity index is 887. The summed E-state index contributed by atoms with van der Waals surface area (Å²) in [6.07, 6.45) is 6.35. The second kappa shape index (κ2) is 6.32. The molecule has 0 N–H and O–H groups in total. The zero-order chi connectivity index (χ0) is 18.5. The van der Waals surface area contributed by atoms with E-state index in [1.54, 1.807) is 4.68 Å². The van der Waals surface area contributed by atoms with Gasteiger partial charge >= 0.3 is 0 Å². The standard InChI is InChI=1S/C20H25N5O2/c1-23-17-8-4-7-16(18(17)21-22-23)20(27)25-14-9-10-15(25)12-24(11-14)19(26)13-5-2-3-6-13/h4,7-8,13-15H,2-3,5-6,9-12H2,1H3/t14-,15+. The van der Waals surface area contributed by atoms with E-state index in [0.717, 1.165) is 31.2 Å². The van der Waals surface area contributed by atoms with E-state index in [0.29, 0.717) is 30.1 Å². The molecule has 2 amide bonds. The molecule has 1 saturated carbocycles. The minimum atomic E-state index is 0.0292. The van der Waals surface area contributed by atoms with Gasteiger partial charge in [0.05, 0.1) is 23.2 Å². The number of likely N-dealkylation sites (tertiary alicyclic amines) is 1. The molecular formula is C20H25N5O2. The molecule has 7 nitrogen and oxygen atoms in total. The molecule has 7 heteroatoms. The number of carbonyl (C=O) groups is 2. The van der Waals surface area contributed by atoms with Gasteiger partial charge in [-0.1, -0.05) is 24.1 Å². The second-order valence-electron chi connectivity index (χ2n) is 8.21. The Morgan fingerprint density at radius 1 is 1.04 bits per heavy atom. The molecule has 2 aromatic rings. The van der Waals surface area contributed by atoms with Crippen molar-refractivity contribution in [3.8, 4) is 0 Å². The van der Waals surface area contributed by atoms with Gasteiger partial charge in [-0.25, -0.2) is 4.68 Å². The fourth-order valence-electron chi connectivity index (χ4n) is 5.21. The fraction of sp³-hybridized carbons (Fsp3) is 0.600. The summed E-state index contributed by atoms with van der Waals surface area (Å²) in [4.78, 5) is 30.3. The molecule has 142 valence electrons. The molecule has 1 aliphatic carbocycles. The predicted octanol–water partition coefficient (Wildman–Crippen LogP) is 1.97. The number of fused-ring (bicyclic) bond motifs is 3. The molecule has 2 saturated heterocycles. The number of rotatable bonds is 2. The summed E-state index contributed by atoms with van der Waals surface area (Å²) < 4.78 is 1.69. The summed E-state index contributed by atoms with van der Waals surface area (Å²) in [6, 6.07) is 5.90. The summed E-state index contributed by atoms with van der Waals surface area (Å²) in [7, 11) is 1.83. The first-order valence-electron chi connectivity index (χ1n) is 10.0. The Balaban J connectivity index is 1.39. The molecule has 1 aromatic carbocycles. The summed E-state index contributed by atoms with van der Waals surface area (Å²) in [5, 5.41) is 8.26. The van der Waals surface area contributed by atoms with Gasteiger partial charge in [-0.2, -0.15) is 0 Å². The van der Waals surface area contributed by atoms with Crippen LogP contribution in [0.4, 0.5) is 0 Å². The maximum Gasteiger partial charge on any atom is 0.256 e. The van der Waals surface area contributed by atoms with Crippen LogP contribution in [0.25, 0.3) is 11.0 Å². The Kier molecular flexibility index (Phi) is 3.91. The van der Waals surface area contributed by atoms with Crippen LogP contribution in [0.2, 0.25) is 0 Å². The van der Waals surface area contributed by atoms with E-state index in [1.807, 2.05) is 35.0 Å². The minimum absolute atomic E-state index is 0.0292. The van der Waals surface area contributed by atoms with Crippen molar-refractivity contribution in [1.29, 1.82) is 0 Å². The van der Waals surface area contributed by atoms with Crippen molar-refractivity contribution in [3.05, 3.63) is 23.8 Å². The number of nitrogens with zero attached hydrogens (tertiary/aromatic N) is 5. The monoisotopic (exact) mass is 367 g/mol. The molecule has 0 unspecified atom stereocenters. The number of aryl methyl sites for hydroxylation is 1. The van der Waals surface area contributed by atoms with E-state index in [4.69, 9.17) is 0 Å². The zero-order valence-corrected chi connectivity index (χ0v) is 15.7. The third-order valence-corrected chi connectivity index (χ3v) is 6.61. The second-order valence-corrected chi connectivity index (χ2v) is 8.21. The first kappa shape index (κ1) is 16.7. The van der Waals surface area contributed by atoms with Gasteiger partial charge in [-0.3, -0.25) is 9.59 Å². The fourth-order valence-corrected chi connectivity index (χ4v) is 5.21. The highest BCUT2D eigenvalue weighted by atomic mass is 16.2. The summed E-state index contributed by atoms with van der Waals surface area (Å²) in [5.74, 6) is 0.550. The number of amides is 2. The van der Waals surface area contributed by atoms with E-state index in [1.165, 1.54) is 12.8 Å². The largest absolute Gasteiger partial charge is 0.338 e. The minimum Gasteiger partial charge on any atom is -0.338 e. The average molecular weight is 367 g/mol. The van der Waals surface area contributed by atoms with Gasteiger partial charge in [0.25, 0.3) is 5.91 Å². The van der Waals surface area contributed by atoms with Crippen molar-refractivity contribution in [2.45, 2.75) is 50.6 Å². The summed E-state index contributed by atoms with van der Waals surface area (Å²) >= 11 is 0. The molecule has 3 heterocycles. The number of piperazine rings is 1. The van der Waals surface area contributed by atoms with E-state index in [9.17, 15) is 9.59 Å². The molecule has 1 aromatic heterocycles. The van der Waals surface area contributed by atoms with Crippen LogP contribution in [0.1, 0.15) is 48.9 Å². The first-order valence-corrected chi connectivity index (χ1v) is 10.0. The Morgan fingerprint density at radius 2 is 1.74 bits per heavy atom. The van der Waals surface area contributed by atoms with Gasteiger partial charge in [-0.15, -0.1) is 5.10 Å². The van der Waals surface area contributed by atoms with Gasteiger partial charge in [0.15, 0.2) is 0 Å². The smallest absolute Gasteiger partial charge is 0.256 e. The Morgan fingerprint density at radius 3 is 2.44 bits per heavy atom. The summed E-state index contributed by atoms with van der Waals surface area (Å²) in [6.45, 7) is 1.35. The number of aromatic nitrogens is 3. The lowest BCUT2D eigenvalue weighted by molar-refractivity contribution is -0.138. The van der Waals surface area contributed by atoms with Crippen LogP contribution in [-0.2, 0) is 11.8 Å². The predicted molar refractivity (Wildman–Crippen MR) is 100 cm³/mol. The number of hydrogen-bond acceptors (Lipinski definition) is 4. The quantitative estimate of drug-likeness (QED) is 0.814. The molecule has 0 radical (unpaired) electrons. The van der Waals surface area contributed by atoms with Crippen LogP contribution in [-0.4, -0.2) is 61.8 Å². The van der Waals surface area contributed by atoms with E-state index in [2.05, 4.69) is 10.3 Å². The van der Waals surface area contributed by atoms with Crippen molar-refractivity contribution in [1.82, 2.24) is 24.8 Å². The van der Waals surface area contributed by atoms with Gasteiger partial charge < -0.3 is 9.80 Å². The number of carbonyl (C=O) groups excluding carboxylic acids is 2. The van der Waals surface area contributed by atoms with Gasteiger partial charge in [0.2, 0.25) is 5.91 Å². The van der Waals surface area contributed by atoms with Crippen LogP contribution in [0, 0.1) is 5.92 Å². The van der Waals surface area contributed by atoms with Crippen LogP contribution >= 0.6 is 0 Å². The lowest BCUT2D eigenvalue weighted by Gasteiger charge is -2.42. The first-order chi connectivity index (χ1) is 13.1. The molecule has 3 fully saturated rings. The highest BCUT2D eigenvalue weighted by Crippen LogP contribution is 2.35. The van der Waals surface area contributed by atoms with Crippen molar-refractivity contribution < 1.29 is 9.59 Å². The van der Waals surface area contributed by atoms with E-state index < -0.39 is 0 Å². The lowest BCUT2D eigenvalue weighted by Crippen LogP contribution is -2.57. The number of hydrogen-bond donors (Lipinski definition) is 0. The van der Waals surface area contributed by atoms with Crippen LogP contribution < -0.4 is 0 Å². The van der Waals surface area contributed by atoms with Crippen LogP contribution in [0.5, 0.6) is 0 Å². The summed E-state index contributed by atoms with van der Waals surface area (Å²) in [5.41, 5.74) is 2.14. The zero-order valence-electron chi connectivity index (χ0n) is 15.7. The molecule has 0 spiro atoms. The maximum atomic E-state index is 13.4. The van der Waals surface area contributed by atoms with Crippen molar-refractivity contribution in [2.24, 2.45) is 13.0 Å². The van der Waals surface area contributed by atoms with Gasteiger partial charge in [0, 0.05) is 26.1 Å². The van der Waals surface area contributed by atoms with Crippen LogP contribution in [0.3, 0.4) is 0 Å². The van der Waals surface area contributed by atoms with Crippen LogP contribution in [0.15, 0.2) is 18.2 Å². The van der Waals surface area contributed by atoms with Crippen molar-refractivity contribution >= 4 is 22.8 Å². The third kappa shape index (κ3) is 2.63. The Labute approximate surface area is 158 Å².